The van der Waals surface area contributed by atoms with Crippen LogP contribution >= 0.6 is 0 Å². The molecule has 0 bridgehead atoms. The highest BCUT2D eigenvalue weighted by atomic mass is 16.3. The molecule has 6 heteroatoms. The van der Waals surface area contributed by atoms with Gasteiger partial charge in [-0.2, -0.15) is 0 Å². The van der Waals surface area contributed by atoms with Crippen molar-refractivity contribution in [3.63, 3.8) is 0 Å². The van der Waals surface area contributed by atoms with E-state index in [2.05, 4.69) is 16.0 Å². The van der Waals surface area contributed by atoms with Gasteiger partial charge in [-0.05, 0) is 24.5 Å². The summed E-state index contributed by atoms with van der Waals surface area (Å²) in [6.07, 6.45) is 0.493. The molecule has 0 heterocycles. The van der Waals surface area contributed by atoms with Crippen LogP contribution < -0.4 is 16.0 Å². The minimum absolute atomic E-state index is 0.0224. The lowest BCUT2D eigenvalue weighted by molar-refractivity contribution is -0.123. The molecule has 0 radical (unpaired) electrons. The minimum atomic E-state index is -0.618. The zero-order valence-electron chi connectivity index (χ0n) is 12.4. The molecular formula is C15H23N3O3. The Morgan fingerprint density at radius 1 is 1.19 bits per heavy atom. The van der Waals surface area contributed by atoms with E-state index in [4.69, 9.17) is 5.11 Å². The van der Waals surface area contributed by atoms with E-state index in [1.165, 1.54) is 0 Å². The lowest BCUT2D eigenvalue weighted by Crippen LogP contribution is -2.51. The molecule has 3 amide bonds. The Hall–Kier alpha value is -2.08. The van der Waals surface area contributed by atoms with Crippen molar-refractivity contribution in [1.82, 2.24) is 10.6 Å². The van der Waals surface area contributed by atoms with Crippen LogP contribution in [0.2, 0.25) is 0 Å². The second kappa shape index (κ2) is 8.97. The molecule has 0 aromatic heterocycles. The van der Waals surface area contributed by atoms with E-state index in [0.717, 1.165) is 0 Å². The number of amides is 3. The number of aliphatic hydroxyl groups excluding tert-OH is 1. The van der Waals surface area contributed by atoms with Gasteiger partial charge >= 0.3 is 6.03 Å². The van der Waals surface area contributed by atoms with Crippen LogP contribution in [0.25, 0.3) is 0 Å². The predicted molar refractivity (Wildman–Crippen MR) is 81.9 cm³/mol. The molecule has 4 N–H and O–H groups in total. The first kappa shape index (κ1) is 17.0. The monoisotopic (exact) mass is 293 g/mol. The van der Waals surface area contributed by atoms with Crippen LogP contribution in [0.4, 0.5) is 10.5 Å². The highest BCUT2D eigenvalue weighted by Gasteiger charge is 2.23. The first-order valence-electron chi connectivity index (χ1n) is 7.05. The first-order valence-corrected chi connectivity index (χ1v) is 7.05. The van der Waals surface area contributed by atoms with E-state index >= 15 is 0 Å². The molecule has 0 aliphatic rings. The molecule has 1 atom stereocenters. The zero-order chi connectivity index (χ0) is 15.7. The summed E-state index contributed by atoms with van der Waals surface area (Å²) < 4.78 is 0. The molecule has 0 fully saturated rings. The summed E-state index contributed by atoms with van der Waals surface area (Å²) >= 11 is 0. The van der Waals surface area contributed by atoms with Crippen molar-refractivity contribution in [1.29, 1.82) is 0 Å². The maximum atomic E-state index is 12.0. The number of benzene rings is 1. The summed E-state index contributed by atoms with van der Waals surface area (Å²) in [5, 5.41) is 16.7. The number of aliphatic hydroxyl groups is 1. The number of urea groups is 1. The van der Waals surface area contributed by atoms with Crippen LogP contribution in [0, 0.1) is 5.92 Å². The number of anilines is 1. The van der Waals surface area contributed by atoms with Crippen LogP contribution in [0.1, 0.15) is 20.3 Å². The largest absolute Gasteiger partial charge is 0.396 e. The van der Waals surface area contributed by atoms with Crippen LogP contribution in [0.15, 0.2) is 30.3 Å². The lowest BCUT2D eigenvalue weighted by atomic mass is 10.0. The molecule has 0 spiro atoms. The number of nitrogens with one attached hydrogen (secondary N) is 3. The van der Waals surface area contributed by atoms with Crippen molar-refractivity contribution in [2.24, 2.45) is 5.92 Å². The second-order valence-electron chi connectivity index (χ2n) is 5.05. The summed E-state index contributed by atoms with van der Waals surface area (Å²) in [7, 11) is 0. The van der Waals surface area contributed by atoms with Gasteiger partial charge in [0.2, 0.25) is 5.91 Å². The van der Waals surface area contributed by atoms with Gasteiger partial charge in [-0.15, -0.1) is 0 Å². The number of carbonyl (C=O) groups excluding carboxylic acids is 2. The van der Waals surface area contributed by atoms with Gasteiger partial charge in [0.1, 0.15) is 6.04 Å². The van der Waals surface area contributed by atoms with E-state index in [9.17, 15) is 9.59 Å². The number of hydrogen-bond donors (Lipinski definition) is 4. The average Bonchev–Trinajstić information content (AvgIpc) is 2.45. The highest BCUT2D eigenvalue weighted by molar-refractivity contribution is 5.93. The van der Waals surface area contributed by atoms with Gasteiger partial charge in [-0.25, -0.2) is 4.79 Å². The molecule has 21 heavy (non-hydrogen) atoms. The summed E-state index contributed by atoms with van der Waals surface area (Å²) in [6.45, 7) is 4.13. The predicted octanol–water partition coefficient (Wildman–Crippen LogP) is 1.33. The van der Waals surface area contributed by atoms with Gasteiger partial charge in [0.05, 0.1) is 0 Å². The minimum Gasteiger partial charge on any atom is -0.396 e. The molecule has 0 saturated carbocycles. The quantitative estimate of drug-likeness (QED) is 0.572. The van der Waals surface area contributed by atoms with Gasteiger partial charge in [0, 0.05) is 18.8 Å². The van der Waals surface area contributed by atoms with Crippen molar-refractivity contribution < 1.29 is 14.7 Å². The number of hydrogen-bond acceptors (Lipinski definition) is 3. The Morgan fingerprint density at radius 2 is 1.86 bits per heavy atom. The Balaban J connectivity index is 2.53. The zero-order valence-corrected chi connectivity index (χ0v) is 12.4. The smallest absolute Gasteiger partial charge is 0.319 e. The lowest BCUT2D eigenvalue weighted by Gasteiger charge is -2.21. The van der Waals surface area contributed by atoms with Gasteiger partial charge in [0.15, 0.2) is 0 Å². The molecule has 0 saturated heterocycles. The molecule has 1 aromatic carbocycles. The summed E-state index contributed by atoms with van der Waals surface area (Å²) in [6, 6.07) is 7.99. The van der Waals surface area contributed by atoms with Gasteiger partial charge in [0.25, 0.3) is 0 Å². The third kappa shape index (κ3) is 6.27. The van der Waals surface area contributed by atoms with Crippen molar-refractivity contribution in [2.75, 3.05) is 18.5 Å². The number of rotatable bonds is 7. The third-order valence-corrected chi connectivity index (χ3v) is 2.90. The molecule has 0 aliphatic heterocycles. The van der Waals surface area contributed by atoms with E-state index < -0.39 is 12.1 Å². The summed E-state index contributed by atoms with van der Waals surface area (Å²) in [5.41, 5.74) is 0.665. The molecule has 0 aliphatic carbocycles. The maximum Gasteiger partial charge on any atom is 0.319 e. The number of carbonyl (C=O) groups is 2. The van der Waals surface area contributed by atoms with Crippen molar-refractivity contribution in [3.8, 4) is 0 Å². The average molecular weight is 293 g/mol. The fourth-order valence-electron chi connectivity index (χ4n) is 1.77. The SMILES string of the molecule is CC(C)C(NC(=O)Nc1ccccc1)C(=O)NCCCO. The van der Waals surface area contributed by atoms with E-state index in [-0.39, 0.29) is 18.4 Å². The van der Waals surface area contributed by atoms with Crippen molar-refractivity contribution in [2.45, 2.75) is 26.3 Å². The van der Waals surface area contributed by atoms with E-state index in [1.807, 2.05) is 32.0 Å². The second-order valence-corrected chi connectivity index (χ2v) is 5.05. The molecule has 6 nitrogen and oxygen atoms in total. The van der Waals surface area contributed by atoms with Crippen LogP contribution in [-0.2, 0) is 4.79 Å². The fourth-order valence-corrected chi connectivity index (χ4v) is 1.77. The van der Waals surface area contributed by atoms with Crippen molar-refractivity contribution in [3.05, 3.63) is 30.3 Å². The summed E-state index contributed by atoms with van der Waals surface area (Å²) in [4.78, 5) is 23.9. The highest BCUT2D eigenvalue weighted by Crippen LogP contribution is 2.06. The Labute approximate surface area is 124 Å². The van der Waals surface area contributed by atoms with Gasteiger partial charge in [-0.1, -0.05) is 32.0 Å². The van der Waals surface area contributed by atoms with Crippen LogP contribution in [-0.4, -0.2) is 36.2 Å². The number of para-hydroxylation sites is 1. The van der Waals surface area contributed by atoms with E-state index in [1.54, 1.807) is 12.1 Å². The van der Waals surface area contributed by atoms with Crippen molar-refractivity contribution >= 4 is 17.6 Å². The van der Waals surface area contributed by atoms with Crippen LogP contribution in [0.5, 0.6) is 0 Å². The topological polar surface area (TPSA) is 90.5 Å². The first-order chi connectivity index (χ1) is 10.0. The Bertz CT molecular complexity index is 449. The maximum absolute atomic E-state index is 12.0. The van der Waals surface area contributed by atoms with Gasteiger partial charge < -0.3 is 21.1 Å². The fraction of sp³-hybridized carbons (Fsp3) is 0.467. The molecule has 1 aromatic rings. The molecule has 1 rings (SSSR count). The standard InChI is InChI=1S/C15H23N3O3/c1-11(2)13(14(20)16-9-6-10-19)18-15(21)17-12-7-4-3-5-8-12/h3-5,7-8,11,13,19H,6,9-10H2,1-2H3,(H,16,20)(H2,17,18,21). The molecule has 116 valence electrons. The Morgan fingerprint density at radius 3 is 2.43 bits per heavy atom. The Kier molecular flexibility index (Phi) is 7.25. The molecular weight excluding hydrogens is 270 g/mol. The third-order valence-electron chi connectivity index (χ3n) is 2.90. The molecule has 1 unspecified atom stereocenters. The summed E-state index contributed by atoms with van der Waals surface area (Å²) in [5.74, 6) is -0.290. The van der Waals surface area contributed by atoms with E-state index in [0.29, 0.717) is 18.7 Å². The normalized spacial score (nSPS) is 11.8. The van der Waals surface area contributed by atoms with Crippen LogP contribution in [0.3, 0.4) is 0 Å². The van der Waals surface area contributed by atoms with Gasteiger partial charge in [-0.3, -0.25) is 4.79 Å².